The molecule has 6 heteroatoms. The molecule has 3 nitrogen and oxygen atoms in total. The standard InChI is InChI=1S/C11H14Cl3NO2/c1-11(5-16,6-17)4-15-10-3-8(13)7(12)2-9(10)14/h2-3,15-17H,4-6H2,1H3. The Morgan fingerprint density at radius 1 is 1.06 bits per heavy atom. The average molecular weight is 299 g/mol. The number of benzene rings is 1. The average Bonchev–Trinajstić information content (AvgIpc) is 2.32. The molecule has 0 saturated carbocycles. The molecule has 0 bridgehead atoms. The van der Waals surface area contributed by atoms with Crippen LogP contribution in [0.1, 0.15) is 6.92 Å². The van der Waals surface area contributed by atoms with Gasteiger partial charge < -0.3 is 15.5 Å². The van der Waals surface area contributed by atoms with E-state index < -0.39 is 5.41 Å². The second-order valence-electron chi connectivity index (χ2n) is 4.23. The summed E-state index contributed by atoms with van der Waals surface area (Å²) in [5, 5.41) is 22.6. The van der Waals surface area contributed by atoms with Crippen molar-refractivity contribution in [3.05, 3.63) is 27.2 Å². The largest absolute Gasteiger partial charge is 0.396 e. The van der Waals surface area contributed by atoms with E-state index in [1.807, 2.05) is 0 Å². The summed E-state index contributed by atoms with van der Waals surface area (Å²) < 4.78 is 0. The highest BCUT2D eigenvalue weighted by Gasteiger charge is 2.22. The van der Waals surface area contributed by atoms with Crippen LogP contribution in [0.25, 0.3) is 0 Å². The molecule has 0 atom stereocenters. The van der Waals surface area contributed by atoms with Crippen LogP contribution in [0, 0.1) is 5.41 Å². The summed E-state index contributed by atoms with van der Waals surface area (Å²) in [4.78, 5) is 0. The fourth-order valence-electron chi connectivity index (χ4n) is 1.13. The number of hydrogen-bond donors (Lipinski definition) is 3. The third-order valence-corrected chi connectivity index (χ3v) is 3.51. The Balaban J connectivity index is 2.79. The highest BCUT2D eigenvalue weighted by atomic mass is 35.5. The van der Waals surface area contributed by atoms with Gasteiger partial charge in [0.25, 0.3) is 0 Å². The minimum Gasteiger partial charge on any atom is -0.396 e. The summed E-state index contributed by atoms with van der Waals surface area (Å²) in [6.45, 7) is 1.87. The monoisotopic (exact) mass is 297 g/mol. The molecule has 0 aliphatic heterocycles. The van der Waals surface area contributed by atoms with Gasteiger partial charge >= 0.3 is 0 Å². The van der Waals surface area contributed by atoms with E-state index in [0.717, 1.165) is 0 Å². The molecule has 1 aromatic rings. The molecule has 0 aromatic heterocycles. The van der Waals surface area contributed by atoms with Crippen molar-refractivity contribution in [1.29, 1.82) is 0 Å². The van der Waals surface area contributed by atoms with Crippen LogP contribution in [-0.2, 0) is 0 Å². The fourth-order valence-corrected chi connectivity index (χ4v) is 1.74. The molecule has 0 saturated heterocycles. The summed E-state index contributed by atoms with van der Waals surface area (Å²) in [6.07, 6.45) is 0. The smallest absolute Gasteiger partial charge is 0.0653 e. The number of hydrogen-bond acceptors (Lipinski definition) is 3. The van der Waals surface area contributed by atoms with Crippen molar-refractivity contribution < 1.29 is 10.2 Å². The fraction of sp³-hybridized carbons (Fsp3) is 0.455. The van der Waals surface area contributed by atoms with Crippen LogP contribution in [-0.4, -0.2) is 30.0 Å². The van der Waals surface area contributed by atoms with Gasteiger partial charge in [0.2, 0.25) is 0 Å². The highest BCUT2D eigenvalue weighted by Crippen LogP contribution is 2.32. The molecular weight excluding hydrogens is 284 g/mol. The lowest BCUT2D eigenvalue weighted by Crippen LogP contribution is -2.34. The Morgan fingerprint density at radius 2 is 1.59 bits per heavy atom. The van der Waals surface area contributed by atoms with Gasteiger partial charge in [-0.05, 0) is 12.1 Å². The van der Waals surface area contributed by atoms with Crippen molar-refractivity contribution in [2.75, 3.05) is 25.1 Å². The van der Waals surface area contributed by atoms with Gasteiger partial charge in [0.15, 0.2) is 0 Å². The Bertz CT molecular complexity index is 395. The van der Waals surface area contributed by atoms with E-state index in [0.29, 0.717) is 27.3 Å². The number of halogens is 3. The van der Waals surface area contributed by atoms with Crippen molar-refractivity contribution >= 4 is 40.5 Å². The maximum absolute atomic E-state index is 9.15. The topological polar surface area (TPSA) is 52.5 Å². The lowest BCUT2D eigenvalue weighted by molar-refractivity contribution is 0.0806. The van der Waals surface area contributed by atoms with Gasteiger partial charge in [-0.1, -0.05) is 41.7 Å². The summed E-state index contributed by atoms with van der Waals surface area (Å²) in [5.41, 5.74) is 0.00399. The number of aliphatic hydroxyl groups is 2. The second-order valence-corrected chi connectivity index (χ2v) is 5.45. The predicted octanol–water partition coefficient (Wildman–Crippen LogP) is 3.05. The molecule has 1 aromatic carbocycles. The number of nitrogens with one attached hydrogen (secondary N) is 1. The van der Waals surface area contributed by atoms with Gasteiger partial charge in [0, 0.05) is 12.0 Å². The van der Waals surface area contributed by atoms with Gasteiger partial charge in [-0.3, -0.25) is 0 Å². The molecule has 0 aliphatic rings. The minimum atomic E-state index is -0.616. The first-order valence-electron chi connectivity index (χ1n) is 5.02. The van der Waals surface area contributed by atoms with Gasteiger partial charge in [0.05, 0.1) is 34.0 Å². The van der Waals surface area contributed by atoms with E-state index >= 15 is 0 Å². The van der Waals surface area contributed by atoms with E-state index in [2.05, 4.69) is 5.32 Å². The number of aliphatic hydroxyl groups excluding tert-OH is 2. The van der Waals surface area contributed by atoms with E-state index in [4.69, 9.17) is 45.0 Å². The minimum absolute atomic E-state index is 0.130. The number of rotatable bonds is 5. The molecule has 17 heavy (non-hydrogen) atoms. The van der Waals surface area contributed by atoms with Crippen molar-refractivity contribution in [2.24, 2.45) is 5.41 Å². The quantitative estimate of drug-likeness (QED) is 0.732. The molecule has 0 heterocycles. The molecule has 0 unspecified atom stereocenters. The zero-order chi connectivity index (χ0) is 13.1. The molecule has 0 radical (unpaired) electrons. The predicted molar refractivity (Wildman–Crippen MR) is 72.2 cm³/mol. The molecular formula is C11H14Cl3NO2. The zero-order valence-electron chi connectivity index (χ0n) is 9.30. The van der Waals surface area contributed by atoms with Crippen LogP contribution in [0.5, 0.6) is 0 Å². The van der Waals surface area contributed by atoms with Crippen LogP contribution in [0.15, 0.2) is 12.1 Å². The molecule has 0 aliphatic carbocycles. The van der Waals surface area contributed by atoms with Gasteiger partial charge in [-0.2, -0.15) is 0 Å². The summed E-state index contributed by atoms with van der Waals surface area (Å²) in [6, 6.07) is 3.16. The highest BCUT2D eigenvalue weighted by molar-refractivity contribution is 6.44. The Kier molecular flexibility index (Phi) is 5.35. The van der Waals surface area contributed by atoms with E-state index in [1.54, 1.807) is 19.1 Å². The summed E-state index contributed by atoms with van der Waals surface area (Å²) >= 11 is 17.7. The van der Waals surface area contributed by atoms with Crippen LogP contribution >= 0.6 is 34.8 Å². The number of anilines is 1. The Labute approximate surface area is 115 Å². The lowest BCUT2D eigenvalue weighted by atomic mass is 9.93. The van der Waals surface area contributed by atoms with Crippen molar-refractivity contribution in [2.45, 2.75) is 6.92 Å². The van der Waals surface area contributed by atoms with Gasteiger partial charge in [-0.25, -0.2) is 0 Å². The van der Waals surface area contributed by atoms with Gasteiger partial charge in [-0.15, -0.1) is 0 Å². The van der Waals surface area contributed by atoms with Crippen molar-refractivity contribution in [3.8, 4) is 0 Å². The SMILES string of the molecule is CC(CO)(CO)CNc1cc(Cl)c(Cl)cc1Cl. The molecule has 1 rings (SSSR count). The van der Waals surface area contributed by atoms with Crippen LogP contribution in [0.3, 0.4) is 0 Å². The molecule has 96 valence electrons. The summed E-state index contributed by atoms with van der Waals surface area (Å²) in [7, 11) is 0. The summed E-state index contributed by atoms with van der Waals surface area (Å²) in [5.74, 6) is 0. The molecule has 0 spiro atoms. The normalized spacial score (nSPS) is 11.6. The zero-order valence-corrected chi connectivity index (χ0v) is 11.6. The van der Waals surface area contributed by atoms with E-state index in [9.17, 15) is 0 Å². The van der Waals surface area contributed by atoms with Crippen LogP contribution in [0.2, 0.25) is 15.1 Å². The molecule has 3 N–H and O–H groups in total. The van der Waals surface area contributed by atoms with Crippen LogP contribution < -0.4 is 5.32 Å². The Hall–Kier alpha value is -0.190. The Morgan fingerprint density at radius 3 is 2.12 bits per heavy atom. The first-order valence-corrected chi connectivity index (χ1v) is 6.15. The first kappa shape index (κ1) is 14.9. The maximum Gasteiger partial charge on any atom is 0.0653 e. The van der Waals surface area contributed by atoms with Crippen molar-refractivity contribution in [1.82, 2.24) is 0 Å². The third kappa shape index (κ3) is 3.90. The van der Waals surface area contributed by atoms with E-state index in [1.165, 1.54) is 0 Å². The van der Waals surface area contributed by atoms with E-state index in [-0.39, 0.29) is 13.2 Å². The van der Waals surface area contributed by atoms with Gasteiger partial charge in [0.1, 0.15) is 0 Å². The second kappa shape index (κ2) is 6.12. The first-order chi connectivity index (χ1) is 7.91. The lowest BCUT2D eigenvalue weighted by Gasteiger charge is -2.25. The molecule has 0 fully saturated rings. The third-order valence-electron chi connectivity index (χ3n) is 2.48. The van der Waals surface area contributed by atoms with Crippen LogP contribution in [0.4, 0.5) is 5.69 Å². The van der Waals surface area contributed by atoms with Crippen molar-refractivity contribution in [3.63, 3.8) is 0 Å². The molecule has 0 amide bonds. The maximum atomic E-state index is 9.15.